The van der Waals surface area contributed by atoms with Crippen LogP contribution in [-0.4, -0.2) is 76.0 Å². The van der Waals surface area contributed by atoms with Gasteiger partial charge >= 0.3 is 0 Å². The van der Waals surface area contributed by atoms with Crippen LogP contribution in [-0.2, 0) is 0 Å². The van der Waals surface area contributed by atoms with E-state index in [1.54, 1.807) is 37.6 Å². The Labute approximate surface area is 175 Å². The minimum Gasteiger partial charge on any atom is -0.356 e. The third kappa shape index (κ3) is 4.05. The summed E-state index contributed by atoms with van der Waals surface area (Å²) in [6.45, 7) is 3.02. The number of benzene rings is 1. The lowest BCUT2D eigenvalue weighted by molar-refractivity contribution is 0.0652. The molecular formula is C21H27N7O2. The molecule has 3 heterocycles. The highest BCUT2D eigenvalue weighted by Crippen LogP contribution is 2.25. The number of hydrogen-bond acceptors (Lipinski definition) is 5. The minimum absolute atomic E-state index is 0.186. The number of unbranched alkanes of at least 4 members (excludes halogenated alkanes) is 1. The molecule has 158 valence electrons. The number of guanidine groups is 1. The molecule has 0 atom stereocenters. The van der Waals surface area contributed by atoms with E-state index in [1.807, 2.05) is 0 Å². The molecule has 2 aromatic rings. The van der Waals surface area contributed by atoms with Gasteiger partial charge in [-0.2, -0.15) is 5.10 Å². The van der Waals surface area contributed by atoms with Crippen LogP contribution in [0.4, 0.5) is 0 Å². The summed E-state index contributed by atoms with van der Waals surface area (Å²) in [5.41, 5.74) is 1.02. The molecule has 2 amide bonds. The monoisotopic (exact) mass is 409 g/mol. The van der Waals surface area contributed by atoms with Gasteiger partial charge < -0.3 is 10.2 Å². The summed E-state index contributed by atoms with van der Waals surface area (Å²) in [5.74, 6) is 1.90. The summed E-state index contributed by atoms with van der Waals surface area (Å²) < 4.78 is 0. The van der Waals surface area contributed by atoms with E-state index in [0.717, 1.165) is 57.1 Å². The van der Waals surface area contributed by atoms with Crippen molar-refractivity contribution in [3.05, 3.63) is 47.5 Å². The van der Waals surface area contributed by atoms with Gasteiger partial charge in [-0.1, -0.05) is 12.1 Å². The van der Waals surface area contributed by atoms with E-state index < -0.39 is 0 Å². The van der Waals surface area contributed by atoms with Crippen LogP contribution in [0, 0.1) is 0 Å². The quantitative estimate of drug-likeness (QED) is 0.325. The molecule has 30 heavy (non-hydrogen) atoms. The Morgan fingerprint density at radius 2 is 1.87 bits per heavy atom. The molecular weight excluding hydrogens is 382 g/mol. The van der Waals surface area contributed by atoms with Crippen molar-refractivity contribution in [1.29, 1.82) is 0 Å². The third-order valence-corrected chi connectivity index (χ3v) is 5.80. The average molecular weight is 409 g/mol. The van der Waals surface area contributed by atoms with Crippen molar-refractivity contribution in [2.24, 2.45) is 4.99 Å². The maximum atomic E-state index is 12.4. The van der Waals surface area contributed by atoms with Gasteiger partial charge in [0.1, 0.15) is 12.2 Å². The molecule has 0 radical (unpaired) electrons. The van der Waals surface area contributed by atoms with Crippen LogP contribution in [0.2, 0.25) is 0 Å². The minimum atomic E-state index is -0.186. The molecule has 4 rings (SSSR count). The van der Waals surface area contributed by atoms with Crippen molar-refractivity contribution in [3.8, 4) is 0 Å². The average Bonchev–Trinajstić information content (AvgIpc) is 3.40. The van der Waals surface area contributed by atoms with E-state index in [1.165, 1.54) is 4.90 Å². The van der Waals surface area contributed by atoms with E-state index in [-0.39, 0.29) is 11.8 Å². The van der Waals surface area contributed by atoms with Crippen LogP contribution in [0.3, 0.4) is 0 Å². The topological polar surface area (TPSA) is 107 Å². The Kier molecular flexibility index (Phi) is 6.06. The fourth-order valence-electron chi connectivity index (χ4n) is 4.15. The SMILES string of the molecule is CN=C(NCCCCN1C(=O)c2ccccc2C1=O)N1CCC(c2ncn[nH]2)CC1. The molecule has 0 bridgehead atoms. The fourth-order valence-corrected chi connectivity index (χ4v) is 4.15. The predicted octanol–water partition coefficient (Wildman–Crippen LogP) is 1.64. The molecule has 9 nitrogen and oxygen atoms in total. The van der Waals surface area contributed by atoms with Crippen molar-refractivity contribution in [2.45, 2.75) is 31.6 Å². The normalized spacial score (nSPS) is 17.6. The van der Waals surface area contributed by atoms with Gasteiger partial charge in [0.2, 0.25) is 0 Å². The number of aliphatic imine (C=N–C) groups is 1. The number of likely N-dealkylation sites (tertiary alicyclic amines) is 1. The summed E-state index contributed by atoms with van der Waals surface area (Å²) >= 11 is 0. The van der Waals surface area contributed by atoms with Gasteiger partial charge in [0, 0.05) is 39.1 Å². The zero-order valence-corrected chi connectivity index (χ0v) is 17.2. The van der Waals surface area contributed by atoms with Gasteiger partial charge in [0.25, 0.3) is 11.8 Å². The van der Waals surface area contributed by atoms with Crippen LogP contribution >= 0.6 is 0 Å². The second-order valence-corrected chi connectivity index (χ2v) is 7.62. The number of nitrogens with one attached hydrogen (secondary N) is 2. The summed E-state index contributed by atoms with van der Waals surface area (Å²) in [4.78, 5) is 37.1. The lowest BCUT2D eigenvalue weighted by atomic mass is 9.96. The summed E-state index contributed by atoms with van der Waals surface area (Å²) in [7, 11) is 1.80. The van der Waals surface area contributed by atoms with Crippen molar-refractivity contribution < 1.29 is 9.59 Å². The molecule has 9 heteroatoms. The maximum Gasteiger partial charge on any atom is 0.261 e. The highest BCUT2D eigenvalue weighted by atomic mass is 16.2. The van der Waals surface area contributed by atoms with E-state index in [0.29, 0.717) is 23.6 Å². The van der Waals surface area contributed by atoms with E-state index in [9.17, 15) is 9.59 Å². The van der Waals surface area contributed by atoms with Crippen molar-refractivity contribution in [2.75, 3.05) is 33.2 Å². The number of aromatic nitrogens is 3. The van der Waals surface area contributed by atoms with Gasteiger partial charge in [0.15, 0.2) is 5.96 Å². The smallest absolute Gasteiger partial charge is 0.261 e. The first-order valence-electron chi connectivity index (χ1n) is 10.4. The second-order valence-electron chi connectivity index (χ2n) is 7.62. The van der Waals surface area contributed by atoms with Gasteiger partial charge in [-0.25, -0.2) is 4.98 Å². The molecule has 1 aromatic heterocycles. The maximum absolute atomic E-state index is 12.4. The Bertz CT molecular complexity index is 882. The number of aromatic amines is 1. The molecule has 0 aliphatic carbocycles. The fraction of sp³-hybridized carbons (Fsp3) is 0.476. The molecule has 1 aromatic carbocycles. The van der Waals surface area contributed by atoms with Crippen LogP contribution in [0.15, 0.2) is 35.6 Å². The Morgan fingerprint density at radius 3 is 2.47 bits per heavy atom. The number of amides is 2. The van der Waals surface area contributed by atoms with Gasteiger partial charge in [0.05, 0.1) is 11.1 Å². The number of hydrogen-bond donors (Lipinski definition) is 2. The molecule has 1 fully saturated rings. The van der Waals surface area contributed by atoms with Crippen LogP contribution < -0.4 is 5.32 Å². The number of piperidine rings is 1. The number of rotatable bonds is 6. The molecule has 2 N–H and O–H groups in total. The summed E-state index contributed by atoms with van der Waals surface area (Å²) in [5, 5.41) is 10.3. The van der Waals surface area contributed by atoms with Crippen molar-refractivity contribution in [1.82, 2.24) is 30.3 Å². The Morgan fingerprint density at radius 1 is 1.17 bits per heavy atom. The first-order valence-corrected chi connectivity index (χ1v) is 10.4. The van der Waals surface area contributed by atoms with Crippen LogP contribution in [0.25, 0.3) is 0 Å². The van der Waals surface area contributed by atoms with E-state index in [4.69, 9.17) is 0 Å². The van der Waals surface area contributed by atoms with E-state index >= 15 is 0 Å². The first kappa shape index (κ1) is 20.1. The molecule has 0 spiro atoms. The predicted molar refractivity (Wildman–Crippen MR) is 112 cm³/mol. The number of carbonyl (C=O) groups excluding carboxylic acids is 2. The Hall–Kier alpha value is -3.23. The molecule has 0 unspecified atom stereocenters. The number of fused-ring (bicyclic) bond motifs is 1. The summed E-state index contributed by atoms with van der Waals surface area (Å²) in [6, 6.07) is 7.01. The molecule has 1 saturated heterocycles. The largest absolute Gasteiger partial charge is 0.356 e. The summed E-state index contributed by atoms with van der Waals surface area (Å²) in [6.07, 6.45) is 5.18. The van der Waals surface area contributed by atoms with Crippen molar-refractivity contribution >= 4 is 17.8 Å². The molecule has 2 aliphatic rings. The standard InChI is InChI=1S/C21H27N7O2/c1-22-21(27-12-8-15(9-13-27)18-24-14-25-26-18)23-10-4-5-11-28-19(29)16-6-2-3-7-17(16)20(28)30/h2-3,6-7,14-15H,4-5,8-13H2,1H3,(H,22,23)(H,24,25,26). The zero-order chi connectivity index (χ0) is 20.9. The third-order valence-electron chi connectivity index (χ3n) is 5.80. The lowest BCUT2D eigenvalue weighted by Gasteiger charge is -2.33. The number of nitrogens with zero attached hydrogens (tertiary/aromatic N) is 5. The van der Waals surface area contributed by atoms with Crippen LogP contribution in [0.1, 0.15) is 58.1 Å². The zero-order valence-electron chi connectivity index (χ0n) is 17.2. The number of imide groups is 1. The highest BCUT2D eigenvalue weighted by Gasteiger charge is 2.34. The Balaban J connectivity index is 1.18. The van der Waals surface area contributed by atoms with Crippen LogP contribution in [0.5, 0.6) is 0 Å². The van der Waals surface area contributed by atoms with Gasteiger partial charge in [-0.15, -0.1) is 0 Å². The number of H-pyrrole nitrogens is 1. The van der Waals surface area contributed by atoms with E-state index in [2.05, 4.69) is 30.4 Å². The highest BCUT2D eigenvalue weighted by molar-refractivity contribution is 6.21. The molecule has 2 aliphatic heterocycles. The van der Waals surface area contributed by atoms with Gasteiger partial charge in [-0.05, 0) is 37.8 Å². The number of carbonyl (C=O) groups is 2. The van der Waals surface area contributed by atoms with Crippen molar-refractivity contribution in [3.63, 3.8) is 0 Å². The first-order chi connectivity index (χ1) is 14.7. The molecule has 0 saturated carbocycles. The van der Waals surface area contributed by atoms with Gasteiger partial charge in [-0.3, -0.25) is 24.6 Å². The second kappa shape index (κ2) is 9.06. The lowest BCUT2D eigenvalue weighted by Crippen LogP contribution is -2.45.